The number of nitrogens with one attached hydrogen (secondary N) is 1. The monoisotopic (exact) mass is 374 g/mol. The highest BCUT2D eigenvalue weighted by Crippen LogP contribution is 2.34. The van der Waals surface area contributed by atoms with Gasteiger partial charge in [0, 0.05) is 37.7 Å². The zero-order valence-electron chi connectivity index (χ0n) is 15.5. The van der Waals surface area contributed by atoms with Crippen LogP contribution in [0.2, 0.25) is 0 Å². The van der Waals surface area contributed by atoms with E-state index in [0.717, 1.165) is 0 Å². The van der Waals surface area contributed by atoms with Gasteiger partial charge in [-0.15, -0.1) is 0 Å². The van der Waals surface area contributed by atoms with Gasteiger partial charge in [0.15, 0.2) is 17.3 Å². The number of methoxy groups -OCH3 is 2. The maximum atomic E-state index is 12.4. The molecule has 144 valence electrons. The molecule has 0 saturated carbocycles. The molecule has 0 spiro atoms. The topological polar surface area (TPSA) is 107 Å². The molecule has 1 unspecified atom stereocenters. The van der Waals surface area contributed by atoms with Crippen LogP contribution in [0.5, 0.6) is 11.5 Å². The zero-order valence-corrected chi connectivity index (χ0v) is 15.5. The number of ether oxygens (including phenoxy) is 2. The molecular weight excluding hydrogens is 352 g/mol. The minimum Gasteiger partial charge on any atom is -0.493 e. The smallest absolute Gasteiger partial charge is 0.228 e. The van der Waals surface area contributed by atoms with Gasteiger partial charge >= 0.3 is 0 Å². The van der Waals surface area contributed by atoms with Crippen molar-refractivity contribution < 1.29 is 23.6 Å². The SMILES string of the molecule is COc1ccc(N2CC(C(=O)NCCc3nc(C)no3)CC2=O)cc1OC. The van der Waals surface area contributed by atoms with E-state index in [1.807, 2.05) is 0 Å². The second-order valence-electron chi connectivity index (χ2n) is 6.22. The number of aromatic nitrogens is 2. The highest BCUT2D eigenvalue weighted by atomic mass is 16.5. The van der Waals surface area contributed by atoms with Crippen LogP contribution in [0.3, 0.4) is 0 Å². The van der Waals surface area contributed by atoms with Crippen molar-refractivity contribution in [2.24, 2.45) is 5.92 Å². The van der Waals surface area contributed by atoms with E-state index in [4.69, 9.17) is 14.0 Å². The Morgan fingerprint density at radius 1 is 1.33 bits per heavy atom. The first-order valence-electron chi connectivity index (χ1n) is 8.61. The fourth-order valence-corrected chi connectivity index (χ4v) is 3.00. The van der Waals surface area contributed by atoms with Crippen LogP contribution in [-0.2, 0) is 16.0 Å². The summed E-state index contributed by atoms with van der Waals surface area (Å²) in [5.41, 5.74) is 0.675. The Morgan fingerprint density at radius 3 is 2.78 bits per heavy atom. The van der Waals surface area contributed by atoms with E-state index in [1.54, 1.807) is 37.1 Å². The number of carbonyl (C=O) groups is 2. The van der Waals surface area contributed by atoms with Crippen LogP contribution in [0, 0.1) is 12.8 Å². The highest BCUT2D eigenvalue weighted by Gasteiger charge is 2.35. The third-order valence-corrected chi connectivity index (χ3v) is 4.38. The molecule has 3 rings (SSSR count). The van der Waals surface area contributed by atoms with Gasteiger partial charge in [-0.3, -0.25) is 9.59 Å². The van der Waals surface area contributed by atoms with Crippen molar-refractivity contribution >= 4 is 17.5 Å². The number of hydrogen-bond donors (Lipinski definition) is 1. The molecule has 9 heteroatoms. The lowest BCUT2D eigenvalue weighted by molar-refractivity contribution is -0.126. The summed E-state index contributed by atoms with van der Waals surface area (Å²) in [5, 5.41) is 6.53. The van der Waals surface area contributed by atoms with Gasteiger partial charge in [0.2, 0.25) is 17.7 Å². The predicted molar refractivity (Wildman–Crippen MR) is 95.8 cm³/mol. The van der Waals surface area contributed by atoms with Gasteiger partial charge in [-0.1, -0.05) is 5.16 Å². The van der Waals surface area contributed by atoms with Crippen molar-refractivity contribution in [3.8, 4) is 11.5 Å². The van der Waals surface area contributed by atoms with Gasteiger partial charge < -0.3 is 24.2 Å². The molecule has 27 heavy (non-hydrogen) atoms. The largest absolute Gasteiger partial charge is 0.493 e. The van der Waals surface area contributed by atoms with E-state index < -0.39 is 5.92 Å². The number of nitrogens with zero attached hydrogens (tertiary/aromatic N) is 3. The molecule has 1 aromatic carbocycles. The molecule has 9 nitrogen and oxygen atoms in total. The van der Waals surface area contributed by atoms with Crippen LogP contribution in [-0.4, -0.2) is 49.3 Å². The first-order chi connectivity index (χ1) is 13.0. The van der Waals surface area contributed by atoms with Gasteiger partial charge in [-0.05, 0) is 19.1 Å². The van der Waals surface area contributed by atoms with E-state index in [-0.39, 0.29) is 18.2 Å². The Hall–Kier alpha value is -3.10. The van der Waals surface area contributed by atoms with Crippen molar-refractivity contribution in [1.82, 2.24) is 15.5 Å². The minimum atomic E-state index is -0.407. The van der Waals surface area contributed by atoms with Gasteiger partial charge in [0.25, 0.3) is 0 Å². The van der Waals surface area contributed by atoms with Crippen LogP contribution < -0.4 is 19.7 Å². The summed E-state index contributed by atoms with van der Waals surface area (Å²) in [6.07, 6.45) is 0.618. The predicted octanol–water partition coefficient (Wildman–Crippen LogP) is 1.11. The van der Waals surface area contributed by atoms with E-state index >= 15 is 0 Å². The summed E-state index contributed by atoms with van der Waals surface area (Å²) >= 11 is 0. The summed E-state index contributed by atoms with van der Waals surface area (Å²) < 4.78 is 15.5. The molecule has 2 amide bonds. The average Bonchev–Trinajstić information content (AvgIpc) is 3.26. The fourth-order valence-electron chi connectivity index (χ4n) is 3.00. The summed E-state index contributed by atoms with van der Waals surface area (Å²) in [6.45, 7) is 2.43. The lowest BCUT2D eigenvalue weighted by atomic mass is 10.1. The number of anilines is 1. The van der Waals surface area contributed by atoms with Crippen molar-refractivity contribution in [3.63, 3.8) is 0 Å². The van der Waals surface area contributed by atoms with Gasteiger partial charge in [0.1, 0.15) is 0 Å². The Morgan fingerprint density at radius 2 is 2.11 bits per heavy atom. The van der Waals surface area contributed by atoms with Gasteiger partial charge in [-0.2, -0.15) is 4.98 Å². The van der Waals surface area contributed by atoms with Crippen molar-refractivity contribution in [2.75, 3.05) is 32.2 Å². The summed E-state index contributed by atoms with van der Waals surface area (Å²) in [7, 11) is 3.09. The molecule has 1 saturated heterocycles. The molecule has 1 fully saturated rings. The van der Waals surface area contributed by atoms with E-state index in [0.29, 0.717) is 48.4 Å². The van der Waals surface area contributed by atoms with E-state index in [2.05, 4.69) is 15.5 Å². The highest BCUT2D eigenvalue weighted by molar-refractivity contribution is 6.00. The Kier molecular flexibility index (Phi) is 5.58. The van der Waals surface area contributed by atoms with Crippen molar-refractivity contribution in [3.05, 3.63) is 29.9 Å². The fraction of sp³-hybridized carbons (Fsp3) is 0.444. The average molecular weight is 374 g/mol. The van der Waals surface area contributed by atoms with Crippen molar-refractivity contribution in [1.29, 1.82) is 0 Å². The Bertz CT molecular complexity index is 835. The maximum absolute atomic E-state index is 12.4. The lowest BCUT2D eigenvalue weighted by Gasteiger charge is -2.18. The molecule has 1 N–H and O–H groups in total. The molecule has 1 aromatic heterocycles. The Labute approximate surface area is 156 Å². The van der Waals surface area contributed by atoms with E-state index in [9.17, 15) is 9.59 Å². The second-order valence-corrected chi connectivity index (χ2v) is 6.22. The quantitative estimate of drug-likeness (QED) is 0.773. The minimum absolute atomic E-state index is 0.102. The summed E-state index contributed by atoms with van der Waals surface area (Å²) in [6, 6.07) is 5.24. The molecule has 1 aliphatic heterocycles. The third-order valence-electron chi connectivity index (χ3n) is 4.38. The van der Waals surface area contributed by atoms with Gasteiger partial charge in [0.05, 0.1) is 20.1 Å². The number of hydrogen-bond acceptors (Lipinski definition) is 7. The van der Waals surface area contributed by atoms with Crippen LogP contribution in [0.4, 0.5) is 5.69 Å². The van der Waals surface area contributed by atoms with E-state index in [1.165, 1.54) is 7.11 Å². The number of benzene rings is 1. The van der Waals surface area contributed by atoms with Gasteiger partial charge in [-0.25, -0.2) is 0 Å². The maximum Gasteiger partial charge on any atom is 0.228 e. The zero-order chi connectivity index (χ0) is 19.4. The molecule has 0 bridgehead atoms. The number of rotatable bonds is 7. The number of aryl methyl sites for hydroxylation is 1. The molecule has 0 aliphatic carbocycles. The summed E-state index contributed by atoms with van der Waals surface area (Å²) in [4.78, 5) is 30.4. The third kappa shape index (κ3) is 4.18. The van der Waals surface area contributed by atoms with Crippen LogP contribution in [0.15, 0.2) is 22.7 Å². The van der Waals surface area contributed by atoms with Crippen molar-refractivity contribution in [2.45, 2.75) is 19.8 Å². The molecule has 1 aliphatic rings. The molecule has 2 aromatic rings. The molecule has 2 heterocycles. The lowest BCUT2D eigenvalue weighted by Crippen LogP contribution is -2.34. The summed E-state index contributed by atoms with van der Waals surface area (Å²) in [5.74, 6) is 1.47. The first-order valence-corrected chi connectivity index (χ1v) is 8.61. The second kappa shape index (κ2) is 8.07. The molecule has 0 radical (unpaired) electrons. The first kappa shape index (κ1) is 18.7. The van der Waals surface area contributed by atoms with Crippen LogP contribution in [0.25, 0.3) is 0 Å². The molecular formula is C18H22N4O5. The standard InChI is InChI=1S/C18H22N4O5/c1-11-20-16(27-21-11)6-7-19-18(24)12-8-17(23)22(10-12)13-4-5-14(25-2)15(9-13)26-3/h4-5,9,12H,6-8,10H2,1-3H3,(H,19,24). The number of carbonyl (C=O) groups excluding carboxylic acids is 2. The normalized spacial score (nSPS) is 16.5. The van der Waals surface area contributed by atoms with Crippen LogP contribution >= 0.6 is 0 Å². The number of amides is 2. The Balaban J connectivity index is 1.58. The van der Waals surface area contributed by atoms with Crippen LogP contribution in [0.1, 0.15) is 18.1 Å². The molecule has 1 atom stereocenters.